The molecule has 2 saturated heterocycles. The summed E-state index contributed by atoms with van der Waals surface area (Å²) in [6.45, 7) is 5.21. The van der Waals surface area contributed by atoms with E-state index in [1.165, 1.54) is 30.2 Å². The molecule has 3 aromatic rings. The fourth-order valence-electron chi connectivity index (χ4n) is 8.81. The van der Waals surface area contributed by atoms with Crippen molar-refractivity contribution in [2.75, 3.05) is 12.5 Å². The van der Waals surface area contributed by atoms with Crippen LogP contribution in [0.15, 0.2) is 72.3 Å². The number of fused-ring (bicyclic) bond motifs is 4. The maximum absolute atomic E-state index is 15.3. The molecule has 278 valence electrons. The minimum atomic E-state index is -5.10. The molecule has 53 heavy (non-hydrogen) atoms. The van der Waals surface area contributed by atoms with Gasteiger partial charge in [-0.25, -0.2) is 0 Å². The molecule has 15 heteroatoms. The van der Waals surface area contributed by atoms with Gasteiger partial charge in [-0.3, -0.25) is 29.5 Å². The average Bonchev–Trinajstić information content (AvgIpc) is 3.47. The molecule has 4 amide bonds. The summed E-state index contributed by atoms with van der Waals surface area (Å²) in [6.07, 6.45) is -3.36. The molecule has 3 aromatic carbocycles. The Morgan fingerprint density at radius 3 is 2.19 bits per heavy atom. The van der Waals surface area contributed by atoms with Gasteiger partial charge in [0.2, 0.25) is 11.8 Å². The number of benzene rings is 3. The number of carbonyl (C=O) groups excluding carboxylic acids is 4. The minimum Gasteiger partial charge on any atom is -0.508 e. The molecule has 0 spiro atoms. The SMILES string of the molecule is COc1ccc([C@@]23C(=O)N(Nc4ccc(Cl)cc4Cl)C(=O)[C@@H]2C[C@@H]2C(=CC[C@@H]4C(=O)N(C(C)(C)C)C(=O)[C@@H]42)[C@@H]3c2cc(OC(F)(F)F)ccc2O)cc1. The highest BCUT2D eigenvalue weighted by Crippen LogP contribution is 2.65. The van der Waals surface area contributed by atoms with E-state index in [9.17, 15) is 32.7 Å². The van der Waals surface area contributed by atoms with Crippen molar-refractivity contribution in [3.63, 3.8) is 0 Å². The molecule has 0 aromatic heterocycles. The van der Waals surface area contributed by atoms with Crippen LogP contribution in [0.2, 0.25) is 10.0 Å². The zero-order chi connectivity index (χ0) is 38.4. The zero-order valence-corrected chi connectivity index (χ0v) is 30.3. The topological polar surface area (TPSA) is 125 Å². The molecule has 0 unspecified atom stereocenters. The summed E-state index contributed by atoms with van der Waals surface area (Å²) in [7, 11) is 1.45. The number of aromatic hydroxyl groups is 1. The number of rotatable bonds is 6. The number of phenols is 1. The van der Waals surface area contributed by atoms with Crippen LogP contribution >= 0.6 is 23.2 Å². The highest BCUT2D eigenvalue weighted by molar-refractivity contribution is 6.36. The molecule has 2 aliphatic heterocycles. The second-order valence-corrected chi connectivity index (χ2v) is 15.5. The standard InChI is InChI=1S/C38H34Cl2F3N3O7/c1-36(2,3)45-32(48)23-12-11-22-24(30(23)34(45)50)17-26-33(49)46(44-28-13-7-19(39)15-27(28)40)35(51)37(26,18-5-8-20(52-4)9-6-18)31(22)25-16-21(10-14-29(25)47)53-38(41,42)43/h5-11,13-16,23-24,26,30-31,44,47H,12,17H2,1-4H3/t23-,24+,26-,30-,31+,37+/m0/s1. The lowest BCUT2D eigenvalue weighted by molar-refractivity contribution is -0.274. The fourth-order valence-corrected chi connectivity index (χ4v) is 9.26. The quantitative estimate of drug-likeness (QED) is 0.196. The largest absolute Gasteiger partial charge is 0.573 e. The number of methoxy groups -OCH3 is 1. The van der Waals surface area contributed by atoms with Crippen LogP contribution < -0.4 is 14.9 Å². The molecule has 0 radical (unpaired) electrons. The third-order valence-corrected chi connectivity index (χ3v) is 11.3. The van der Waals surface area contributed by atoms with Crippen LogP contribution in [0.1, 0.15) is 50.7 Å². The van der Waals surface area contributed by atoms with Gasteiger partial charge >= 0.3 is 6.36 Å². The van der Waals surface area contributed by atoms with Crippen LogP contribution in [-0.4, -0.2) is 57.7 Å². The highest BCUT2D eigenvalue weighted by Gasteiger charge is 2.71. The summed E-state index contributed by atoms with van der Waals surface area (Å²) in [6, 6.07) is 13.7. The van der Waals surface area contributed by atoms with Gasteiger partial charge in [0.1, 0.15) is 17.2 Å². The van der Waals surface area contributed by atoms with E-state index in [0.717, 1.165) is 23.2 Å². The Morgan fingerprint density at radius 2 is 1.57 bits per heavy atom. The number of anilines is 1. The first-order valence-electron chi connectivity index (χ1n) is 16.8. The number of nitrogens with one attached hydrogen (secondary N) is 1. The second kappa shape index (κ2) is 12.7. The molecule has 4 aliphatic rings. The molecular weight excluding hydrogens is 738 g/mol. The summed E-state index contributed by atoms with van der Waals surface area (Å²) in [5.74, 6) is -8.16. The van der Waals surface area contributed by atoms with Gasteiger partial charge in [0, 0.05) is 22.0 Å². The first-order chi connectivity index (χ1) is 24.9. The van der Waals surface area contributed by atoms with Crippen molar-refractivity contribution >= 4 is 52.5 Å². The lowest BCUT2D eigenvalue weighted by Gasteiger charge is -2.50. The van der Waals surface area contributed by atoms with Gasteiger partial charge < -0.3 is 14.6 Å². The predicted molar refractivity (Wildman–Crippen MR) is 187 cm³/mol. The van der Waals surface area contributed by atoms with Gasteiger partial charge in [-0.15, -0.1) is 13.2 Å². The number of nitrogens with zero attached hydrogens (tertiary/aromatic N) is 2. The lowest BCUT2D eigenvalue weighted by Crippen LogP contribution is -2.53. The normalized spacial score (nSPS) is 27.0. The Bertz CT molecular complexity index is 2080. The van der Waals surface area contributed by atoms with Crippen molar-refractivity contribution in [3.8, 4) is 17.2 Å². The molecule has 10 nitrogen and oxygen atoms in total. The Hall–Kier alpha value is -4.75. The first kappa shape index (κ1) is 36.6. The maximum Gasteiger partial charge on any atom is 0.573 e. The van der Waals surface area contributed by atoms with E-state index in [2.05, 4.69) is 10.2 Å². The number of alkyl halides is 3. The number of imide groups is 2. The van der Waals surface area contributed by atoms with Crippen LogP contribution in [0.4, 0.5) is 18.9 Å². The number of ether oxygens (including phenoxy) is 2. The van der Waals surface area contributed by atoms with E-state index in [1.54, 1.807) is 51.1 Å². The van der Waals surface area contributed by atoms with E-state index in [0.29, 0.717) is 21.9 Å². The molecule has 7 rings (SSSR count). The summed E-state index contributed by atoms with van der Waals surface area (Å²) < 4.78 is 50.4. The number of hydrogen-bond donors (Lipinski definition) is 2. The van der Waals surface area contributed by atoms with Crippen molar-refractivity contribution in [2.24, 2.45) is 23.7 Å². The Kier molecular flexibility index (Phi) is 8.76. The van der Waals surface area contributed by atoms with E-state index in [4.69, 9.17) is 27.9 Å². The summed E-state index contributed by atoms with van der Waals surface area (Å²) in [5.41, 5.74) is 0.818. The van der Waals surface area contributed by atoms with Gasteiger partial charge in [0.15, 0.2) is 0 Å². The van der Waals surface area contributed by atoms with Crippen LogP contribution in [0.5, 0.6) is 17.2 Å². The number of phenolic OH excluding ortho intramolecular Hbond substituents is 1. The van der Waals surface area contributed by atoms with Crippen molar-refractivity contribution < 1.29 is 46.9 Å². The van der Waals surface area contributed by atoms with Gasteiger partial charge in [-0.1, -0.05) is 47.0 Å². The fraction of sp³-hybridized carbons (Fsp3) is 0.368. The zero-order valence-electron chi connectivity index (χ0n) is 28.8. The molecule has 2 aliphatic carbocycles. The monoisotopic (exact) mass is 771 g/mol. The number of likely N-dealkylation sites (tertiary alicyclic amines) is 1. The number of allylic oxidation sites excluding steroid dienone is 2. The number of amides is 4. The first-order valence-corrected chi connectivity index (χ1v) is 17.5. The Morgan fingerprint density at radius 1 is 0.887 bits per heavy atom. The van der Waals surface area contributed by atoms with Crippen LogP contribution in [-0.2, 0) is 24.6 Å². The molecule has 2 heterocycles. The number of halogens is 5. The second-order valence-electron chi connectivity index (χ2n) is 14.7. The van der Waals surface area contributed by atoms with Crippen molar-refractivity contribution in [3.05, 3.63) is 93.5 Å². The summed E-state index contributed by atoms with van der Waals surface area (Å²) in [4.78, 5) is 59.4. The molecule has 6 atom stereocenters. The number of hydrazine groups is 1. The molecule has 0 bridgehead atoms. The van der Waals surface area contributed by atoms with Crippen molar-refractivity contribution in [2.45, 2.75) is 56.8 Å². The third-order valence-electron chi connectivity index (χ3n) is 10.8. The third kappa shape index (κ3) is 5.79. The van der Waals surface area contributed by atoms with E-state index in [-0.39, 0.29) is 35.0 Å². The van der Waals surface area contributed by atoms with Crippen molar-refractivity contribution in [1.82, 2.24) is 9.91 Å². The molecule has 2 N–H and O–H groups in total. The van der Waals surface area contributed by atoms with Crippen LogP contribution in [0.25, 0.3) is 0 Å². The van der Waals surface area contributed by atoms with Gasteiger partial charge in [-0.05, 0) is 93.6 Å². The highest BCUT2D eigenvalue weighted by atomic mass is 35.5. The van der Waals surface area contributed by atoms with Crippen LogP contribution in [0.3, 0.4) is 0 Å². The molecule has 3 fully saturated rings. The number of carbonyl (C=O) groups is 4. The van der Waals surface area contributed by atoms with Crippen LogP contribution in [0, 0.1) is 23.7 Å². The minimum absolute atomic E-state index is 0.0802. The summed E-state index contributed by atoms with van der Waals surface area (Å²) in [5, 5.41) is 12.7. The predicted octanol–water partition coefficient (Wildman–Crippen LogP) is 7.39. The van der Waals surface area contributed by atoms with E-state index in [1.807, 2.05) is 0 Å². The maximum atomic E-state index is 15.3. The average molecular weight is 773 g/mol. The van der Waals surface area contributed by atoms with Gasteiger partial charge in [-0.2, -0.15) is 5.01 Å². The smallest absolute Gasteiger partial charge is 0.508 e. The van der Waals surface area contributed by atoms with Crippen molar-refractivity contribution in [1.29, 1.82) is 0 Å². The van der Waals surface area contributed by atoms with E-state index < -0.39 is 76.1 Å². The Balaban J connectivity index is 1.49. The number of hydrogen-bond acceptors (Lipinski definition) is 8. The summed E-state index contributed by atoms with van der Waals surface area (Å²) >= 11 is 12.6. The molecular formula is C38H34Cl2F3N3O7. The van der Waals surface area contributed by atoms with Gasteiger partial charge in [0.25, 0.3) is 11.8 Å². The van der Waals surface area contributed by atoms with E-state index >= 15 is 4.79 Å². The molecule has 1 saturated carbocycles. The van der Waals surface area contributed by atoms with Gasteiger partial charge in [0.05, 0.1) is 41.0 Å². The lowest BCUT2D eigenvalue weighted by atomic mass is 9.49. The Labute approximate surface area is 312 Å².